The van der Waals surface area contributed by atoms with Gasteiger partial charge >= 0.3 is 0 Å². The van der Waals surface area contributed by atoms with Crippen LogP contribution in [0.5, 0.6) is 0 Å². The predicted molar refractivity (Wildman–Crippen MR) is 72.0 cm³/mol. The standard InChI is InChI=1S/C11H16N4O2.ClH/c12-9-3-1-2-4-10(9)14-11-6-5-8(7-13-11)15(16)17;/h5-7,9-10H,1-4,12H2,(H,13,14);1H. The quantitative estimate of drug-likeness (QED) is 0.649. The summed E-state index contributed by atoms with van der Waals surface area (Å²) in [5, 5.41) is 13.7. The molecule has 0 spiro atoms. The van der Waals surface area contributed by atoms with Gasteiger partial charge in [0, 0.05) is 18.2 Å². The van der Waals surface area contributed by atoms with Gasteiger partial charge in [-0.1, -0.05) is 12.8 Å². The first-order valence-electron chi connectivity index (χ1n) is 5.79. The number of nitrogens with two attached hydrogens (primary N) is 1. The molecule has 2 unspecified atom stereocenters. The first kappa shape index (κ1) is 14.7. The van der Waals surface area contributed by atoms with E-state index in [-0.39, 0.29) is 30.2 Å². The van der Waals surface area contributed by atoms with E-state index in [9.17, 15) is 10.1 Å². The van der Waals surface area contributed by atoms with E-state index in [1.165, 1.54) is 25.1 Å². The highest BCUT2D eigenvalue weighted by Crippen LogP contribution is 2.21. The van der Waals surface area contributed by atoms with Gasteiger partial charge in [0.25, 0.3) is 5.69 Å². The van der Waals surface area contributed by atoms with Crippen molar-refractivity contribution in [2.45, 2.75) is 37.8 Å². The lowest BCUT2D eigenvalue weighted by Crippen LogP contribution is -2.42. The Labute approximate surface area is 112 Å². The molecule has 0 saturated heterocycles. The molecule has 18 heavy (non-hydrogen) atoms. The van der Waals surface area contributed by atoms with Crippen LogP contribution in [0.4, 0.5) is 11.5 Å². The lowest BCUT2D eigenvalue weighted by Gasteiger charge is -2.29. The Kier molecular flexibility index (Phi) is 5.30. The van der Waals surface area contributed by atoms with Crippen molar-refractivity contribution in [1.29, 1.82) is 0 Å². The van der Waals surface area contributed by atoms with Crippen LogP contribution in [0.25, 0.3) is 0 Å². The average molecular weight is 273 g/mol. The molecule has 1 heterocycles. The second-order valence-corrected chi connectivity index (χ2v) is 4.36. The van der Waals surface area contributed by atoms with Crippen molar-refractivity contribution in [3.8, 4) is 0 Å². The third kappa shape index (κ3) is 3.54. The van der Waals surface area contributed by atoms with Gasteiger partial charge in [0.2, 0.25) is 0 Å². The van der Waals surface area contributed by atoms with Gasteiger partial charge < -0.3 is 11.1 Å². The summed E-state index contributed by atoms with van der Waals surface area (Å²) in [6.07, 6.45) is 5.65. The van der Waals surface area contributed by atoms with Gasteiger partial charge in [-0.3, -0.25) is 10.1 Å². The van der Waals surface area contributed by atoms with Gasteiger partial charge in [-0.15, -0.1) is 12.4 Å². The maximum absolute atomic E-state index is 10.5. The third-order valence-corrected chi connectivity index (χ3v) is 3.11. The summed E-state index contributed by atoms with van der Waals surface area (Å²) in [5.41, 5.74) is 6.01. The fourth-order valence-electron chi connectivity index (χ4n) is 2.11. The number of hydrogen-bond donors (Lipinski definition) is 2. The zero-order chi connectivity index (χ0) is 12.3. The van der Waals surface area contributed by atoms with E-state index in [1.807, 2.05) is 0 Å². The van der Waals surface area contributed by atoms with E-state index >= 15 is 0 Å². The van der Waals surface area contributed by atoms with E-state index in [1.54, 1.807) is 6.07 Å². The topological polar surface area (TPSA) is 94.1 Å². The van der Waals surface area contributed by atoms with Crippen LogP contribution >= 0.6 is 12.4 Å². The number of anilines is 1. The van der Waals surface area contributed by atoms with Crippen molar-refractivity contribution >= 4 is 23.9 Å². The molecule has 0 amide bonds. The smallest absolute Gasteiger partial charge is 0.287 e. The largest absolute Gasteiger partial charge is 0.366 e. The van der Waals surface area contributed by atoms with Crippen molar-refractivity contribution in [3.05, 3.63) is 28.4 Å². The molecule has 0 aliphatic heterocycles. The molecule has 1 saturated carbocycles. The summed E-state index contributed by atoms with van der Waals surface area (Å²) in [7, 11) is 0. The molecule has 1 aromatic rings. The lowest BCUT2D eigenvalue weighted by atomic mass is 9.91. The zero-order valence-electron chi connectivity index (χ0n) is 9.91. The van der Waals surface area contributed by atoms with Crippen LogP contribution in [0.1, 0.15) is 25.7 Å². The summed E-state index contributed by atoms with van der Waals surface area (Å²) >= 11 is 0. The van der Waals surface area contributed by atoms with Crippen molar-refractivity contribution in [2.24, 2.45) is 5.73 Å². The molecule has 0 radical (unpaired) electrons. The minimum Gasteiger partial charge on any atom is -0.366 e. The molecule has 7 heteroatoms. The zero-order valence-corrected chi connectivity index (χ0v) is 10.7. The molecule has 2 rings (SSSR count). The van der Waals surface area contributed by atoms with Gasteiger partial charge in [-0.2, -0.15) is 0 Å². The van der Waals surface area contributed by atoms with Crippen LogP contribution in [0.3, 0.4) is 0 Å². The number of hydrogen-bond acceptors (Lipinski definition) is 5. The van der Waals surface area contributed by atoms with Crippen molar-refractivity contribution in [2.75, 3.05) is 5.32 Å². The van der Waals surface area contributed by atoms with Gasteiger partial charge in [-0.05, 0) is 18.9 Å². The molecular formula is C11H17ClN4O2. The maximum atomic E-state index is 10.5. The van der Waals surface area contributed by atoms with Crippen LogP contribution in [-0.4, -0.2) is 22.0 Å². The summed E-state index contributed by atoms with van der Waals surface area (Å²) in [6.45, 7) is 0. The SMILES string of the molecule is Cl.NC1CCCCC1Nc1ccc([N+](=O)[O-])cn1. The number of pyridine rings is 1. The van der Waals surface area contributed by atoms with E-state index in [0.29, 0.717) is 5.82 Å². The Hall–Kier alpha value is -1.40. The molecule has 1 aliphatic rings. The van der Waals surface area contributed by atoms with Crippen molar-refractivity contribution < 1.29 is 4.92 Å². The minimum atomic E-state index is -0.455. The van der Waals surface area contributed by atoms with E-state index in [4.69, 9.17) is 5.73 Å². The van der Waals surface area contributed by atoms with E-state index in [0.717, 1.165) is 12.8 Å². The molecule has 100 valence electrons. The third-order valence-electron chi connectivity index (χ3n) is 3.11. The van der Waals surface area contributed by atoms with Gasteiger partial charge in [-0.25, -0.2) is 4.98 Å². The van der Waals surface area contributed by atoms with Crippen LogP contribution < -0.4 is 11.1 Å². The van der Waals surface area contributed by atoms with Gasteiger partial charge in [0.15, 0.2) is 0 Å². The summed E-state index contributed by atoms with van der Waals surface area (Å²) in [4.78, 5) is 14.0. The fourth-order valence-corrected chi connectivity index (χ4v) is 2.11. The normalized spacial score (nSPS) is 22.9. The Morgan fingerprint density at radius 3 is 2.67 bits per heavy atom. The number of nitrogens with zero attached hydrogens (tertiary/aromatic N) is 2. The molecule has 6 nitrogen and oxygen atoms in total. The Balaban J connectivity index is 0.00000162. The fraction of sp³-hybridized carbons (Fsp3) is 0.545. The molecule has 0 bridgehead atoms. The molecule has 0 aromatic carbocycles. The highest BCUT2D eigenvalue weighted by Gasteiger charge is 2.21. The Bertz CT molecular complexity index is 399. The van der Waals surface area contributed by atoms with Crippen LogP contribution in [0.15, 0.2) is 18.3 Å². The van der Waals surface area contributed by atoms with Crippen LogP contribution in [0, 0.1) is 10.1 Å². The molecule has 2 atom stereocenters. The maximum Gasteiger partial charge on any atom is 0.287 e. The number of aromatic nitrogens is 1. The van der Waals surface area contributed by atoms with Gasteiger partial charge in [0.05, 0.1) is 4.92 Å². The number of rotatable bonds is 3. The first-order chi connectivity index (χ1) is 8.16. The number of nitrogens with one attached hydrogen (secondary N) is 1. The number of nitro groups is 1. The number of halogens is 1. The molecular weight excluding hydrogens is 256 g/mol. The van der Waals surface area contributed by atoms with Crippen LogP contribution in [-0.2, 0) is 0 Å². The molecule has 1 aromatic heterocycles. The Morgan fingerprint density at radius 1 is 1.39 bits per heavy atom. The first-order valence-corrected chi connectivity index (χ1v) is 5.79. The summed E-state index contributed by atoms with van der Waals surface area (Å²) in [6, 6.07) is 3.43. The van der Waals surface area contributed by atoms with Crippen molar-refractivity contribution in [3.63, 3.8) is 0 Å². The second kappa shape index (κ2) is 6.51. The summed E-state index contributed by atoms with van der Waals surface area (Å²) in [5.74, 6) is 0.651. The Morgan fingerprint density at radius 2 is 2.11 bits per heavy atom. The average Bonchev–Trinajstić information content (AvgIpc) is 2.33. The molecule has 3 N–H and O–H groups in total. The molecule has 1 fully saturated rings. The van der Waals surface area contributed by atoms with E-state index < -0.39 is 4.92 Å². The second-order valence-electron chi connectivity index (χ2n) is 4.36. The highest BCUT2D eigenvalue weighted by molar-refractivity contribution is 5.85. The monoisotopic (exact) mass is 272 g/mol. The highest BCUT2D eigenvalue weighted by atomic mass is 35.5. The summed E-state index contributed by atoms with van der Waals surface area (Å²) < 4.78 is 0. The van der Waals surface area contributed by atoms with Gasteiger partial charge in [0.1, 0.15) is 12.0 Å². The predicted octanol–water partition coefficient (Wildman–Crippen LogP) is 2.09. The van der Waals surface area contributed by atoms with Crippen molar-refractivity contribution in [1.82, 2.24) is 4.98 Å². The lowest BCUT2D eigenvalue weighted by molar-refractivity contribution is -0.385. The minimum absolute atomic E-state index is 0. The van der Waals surface area contributed by atoms with Crippen LogP contribution in [0.2, 0.25) is 0 Å². The van der Waals surface area contributed by atoms with E-state index in [2.05, 4.69) is 10.3 Å². The molecule has 1 aliphatic carbocycles.